The summed E-state index contributed by atoms with van der Waals surface area (Å²) < 4.78 is 6.61. The van der Waals surface area contributed by atoms with Gasteiger partial charge in [0.15, 0.2) is 0 Å². The molecule has 106 valence electrons. The molecule has 0 fully saturated rings. The molecule has 1 atom stereocenters. The van der Waals surface area contributed by atoms with Crippen LogP contribution in [0.3, 0.4) is 0 Å². The molecule has 0 heterocycles. The van der Waals surface area contributed by atoms with Gasteiger partial charge in [0.1, 0.15) is 11.9 Å². The Bertz CT molecular complexity index is 599. The van der Waals surface area contributed by atoms with Crippen LogP contribution >= 0.6 is 34.2 Å². The number of ether oxygens (including phenoxy) is 1. The summed E-state index contributed by atoms with van der Waals surface area (Å²) in [4.78, 5) is 0. The molecule has 0 saturated carbocycles. The lowest BCUT2D eigenvalue weighted by atomic mass is 10.0. The molecule has 0 bridgehead atoms. The zero-order valence-electron chi connectivity index (χ0n) is 11.3. The minimum atomic E-state index is -0.708. The second-order valence-corrected chi connectivity index (χ2v) is 6.38. The maximum absolute atomic E-state index is 10.4. The van der Waals surface area contributed by atoms with E-state index >= 15 is 0 Å². The SMILES string of the molecule is CC(C)Oc1cccc(C(O)c2ccc(I)c(Cl)c2)c1. The van der Waals surface area contributed by atoms with Gasteiger partial charge in [-0.05, 0) is 71.8 Å². The van der Waals surface area contributed by atoms with Gasteiger partial charge in [0.25, 0.3) is 0 Å². The first-order valence-corrected chi connectivity index (χ1v) is 7.82. The number of hydrogen-bond donors (Lipinski definition) is 1. The summed E-state index contributed by atoms with van der Waals surface area (Å²) in [6.45, 7) is 3.95. The fourth-order valence-corrected chi connectivity index (χ4v) is 2.43. The van der Waals surface area contributed by atoms with Gasteiger partial charge in [-0.1, -0.05) is 29.8 Å². The highest BCUT2D eigenvalue weighted by atomic mass is 127. The molecular formula is C16H16ClIO2. The van der Waals surface area contributed by atoms with Gasteiger partial charge in [-0.3, -0.25) is 0 Å². The third-order valence-electron chi connectivity index (χ3n) is 2.81. The average Bonchev–Trinajstić information content (AvgIpc) is 2.40. The number of halogens is 2. The summed E-state index contributed by atoms with van der Waals surface area (Å²) in [5.74, 6) is 0.758. The predicted molar refractivity (Wildman–Crippen MR) is 90.4 cm³/mol. The van der Waals surface area contributed by atoms with Crippen molar-refractivity contribution in [3.63, 3.8) is 0 Å². The van der Waals surface area contributed by atoms with Crippen molar-refractivity contribution in [3.8, 4) is 5.75 Å². The highest BCUT2D eigenvalue weighted by Gasteiger charge is 2.13. The topological polar surface area (TPSA) is 29.5 Å². The van der Waals surface area contributed by atoms with E-state index in [2.05, 4.69) is 22.6 Å². The molecule has 0 spiro atoms. The minimum Gasteiger partial charge on any atom is -0.491 e. The Morgan fingerprint density at radius 1 is 1.10 bits per heavy atom. The summed E-state index contributed by atoms with van der Waals surface area (Å²) >= 11 is 8.27. The Balaban J connectivity index is 2.28. The lowest BCUT2D eigenvalue weighted by Gasteiger charge is -2.15. The van der Waals surface area contributed by atoms with Gasteiger partial charge in [0, 0.05) is 3.57 Å². The van der Waals surface area contributed by atoms with E-state index in [0.717, 1.165) is 20.4 Å². The van der Waals surface area contributed by atoms with Gasteiger partial charge in [0.2, 0.25) is 0 Å². The normalized spacial score (nSPS) is 12.5. The van der Waals surface area contributed by atoms with Crippen molar-refractivity contribution < 1.29 is 9.84 Å². The number of hydrogen-bond acceptors (Lipinski definition) is 2. The molecule has 2 nitrogen and oxygen atoms in total. The van der Waals surface area contributed by atoms with Crippen LogP contribution in [0.25, 0.3) is 0 Å². The third kappa shape index (κ3) is 3.87. The zero-order chi connectivity index (χ0) is 14.7. The van der Waals surface area contributed by atoms with Gasteiger partial charge < -0.3 is 9.84 Å². The lowest BCUT2D eigenvalue weighted by molar-refractivity contribution is 0.216. The van der Waals surface area contributed by atoms with Crippen molar-refractivity contribution in [2.45, 2.75) is 26.1 Å². The minimum absolute atomic E-state index is 0.107. The molecule has 0 aromatic heterocycles. The number of aliphatic hydroxyl groups is 1. The summed E-state index contributed by atoms with van der Waals surface area (Å²) in [5.41, 5.74) is 1.57. The molecule has 0 aliphatic carbocycles. The predicted octanol–water partition coefficient (Wildman–Crippen LogP) is 4.81. The van der Waals surface area contributed by atoms with Crippen molar-refractivity contribution in [2.24, 2.45) is 0 Å². The van der Waals surface area contributed by atoms with Crippen molar-refractivity contribution in [3.05, 3.63) is 62.2 Å². The molecule has 2 aromatic rings. The fourth-order valence-electron chi connectivity index (χ4n) is 1.91. The summed E-state index contributed by atoms with van der Waals surface area (Å²) in [7, 11) is 0. The van der Waals surface area contributed by atoms with Gasteiger partial charge in [-0.25, -0.2) is 0 Å². The maximum Gasteiger partial charge on any atom is 0.120 e. The lowest BCUT2D eigenvalue weighted by Crippen LogP contribution is -2.06. The third-order valence-corrected chi connectivity index (χ3v) is 4.38. The molecule has 0 radical (unpaired) electrons. The van der Waals surface area contributed by atoms with E-state index in [0.29, 0.717) is 5.02 Å². The van der Waals surface area contributed by atoms with Crippen molar-refractivity contribution >= 4 is 34.2 Å². The van der Waals surface area contributed by atoms with Crippen molar-refractivity contribution in [2.75, 3.05) is 0 Å². The molecule has 20 heavy (non-hydrogen) atoms. The van der Waals surface area contributed by atoms with Crippen LogP contribution in [0.1, 0.15) is 31.1 Å². The van der Waals surface area contributed by atoms with E-state index < -0.39 is 6.10 Å². The Morgan fingerprint density at radius 2 is 1.80 bits per heavy atom. The monoisotopic (exact) mass is 402 g/mol. The van der Waals surface area contributed by atoms with Crippen LogP contribution in [0.4, 0.5) is 0 Å². The largest absolute Gasteiger partial charge is 0.491 e. The first kappa shape index (κ1) is 15.6. The molecule has 4 heteroatoms. The van der Waals surface area contributed by atoms with Crippen LogP contribution in [0, 0.1) is 3.57 Å². The fraction of sp³-hybridized carbons (Fsp3) is 0.250. The molecule has 0 saturated heterocycles. The molecule has 1 N–H and O–H groups in total. The molecule has 1 unspecified atom stereocenters. The Kier molecular flexibility index (Phi) is 5.29. The van der Waals surface area contributed by atoms with Crippen LogP contribution < -0.4 is 4.74 Å². The summed E-state index contributed by atoms with van der Waals surface area (Å²) in [5, 5.41) is 11.1. The highest BCUT2D eigenvalue weighted by molar-refractivity contribution is 14.1. The van der Waals surface area contributed by atoms with Gasteiger partial charge in [-0.15, -0.1) is 0 Å². The maximum atomic E-state index is 10.4. The smallest absolute Gasteiger partial charge is 0.120 e. The second-order valence-electron chi connectivity index (χ2n) is 4.82. The Morgan fingerprint density at radius 3 is 2.45 bits per heavy atom. The number of aliphatic hydroxyl groups excluding tert-OH is 1. The van der Waals surface area contributed by atoms with Crippen LogP contribution in [0.5, 0.6) is 5.75 Å². The van der Waals surface area contributed by atoms with Crippen molar-refractivity contribution in [1.82, 2.24) is 0 Å². The molecule has 0 aliphatic heterocycles. The quantitative estimate of drug-likeness (QED) is 0.744. The van der Waals surface area contributed by atoms with Crippen LogP contribution in [0.15, 0.2) is 42.5 Å². The van der Waals surface area contributed by atoms with E-state index in [1.54, 1.807) is 6.07 Å². The molecule has 2 aromatic carbocycles. The standard InChI is InChI=1S/C16H16ClIO2/c1-10(2)20-13-5-3-4-11(8-13)16(19)12-6-7-15(18)14(17)9-12/h3-10,16,19H,1-2H3. The van der Waals surface area contributed by atoms with Crippen molar-refractivity contribution in [1.29, 1.82) is 0 Å². The molecule has 2 rings (SSSR count). The van der Waals surface area contributed by atoms with E-state index in [1.165, 1.54) is 0 Å². The Hall–Kier alpha value is -0.780. The first-order valence-electron chi connectivity index (χ1n) is 6.37. The molecule has 0 amide bonds. The average molecular weight is 403 g/mol. The van der Waals surface area contributed by atoms with E-state index in [9.17, 15) is 5.11 Å². The van der Waals surface area contributed by atoms with E-state index in [-0.39, 0.29) is 6.10 Å². The van der Waals surface area contributed by atoms with Crippen LogP contribution in [-0.2, 0) is 0 Å². The van der Waals surface area contributed by atoms with Crippen LogP contribution in [0.2, 0.25) is 5.02 Å². The molecular weight excluding hydrogens is 387 g/mol. The second kappa shape index (κ2) is 6.78. The zero-order valence-corrected chi connectivity index (χ0v) is 14.2. The van der Waals surface area contributed by atoms with E-state index in [1.807, 2.05) is 50.2 Å². The van der Waals surface area contributed by atoms with Gasteiger partial charge in [-0.2, -0.15) is 0 Å². The van der Waals surface area contributed by atoms with Gasteiger partial charge >= 0.3 is 0 Å². The molecule has 0 aliphatic rings. The Labute approximate surface area is 137 Å². The summed E-state index contributed by atoms with van der Waals surface area (Å²) in [6.07, 6.45) is -0.602. The van der Waals surface area contributed by atoms with Gasteiger partial charge in [0.05, 0.1) is 11.1 Å². The van der Waals surface area contributed by atoms with Crippen LogP contribution in [-0.4, -0.2) is 11.2 Å². The highest BCUT2D eigenvalue weighted by Crippen LogP contribution is 2.29. The summed E-state index contributed by atoms with van der Waals surface area (Å²) in [6, 6.07) is 13.1. The first-order chi connectivity index (χ1) is 9.47. The number of benzene rings is 2. The van der Waals surface area contributed by atoms with E-state index in [4.69, 9.17) is 16.3 Å². The number of rotatable bonds is 4.